The molecule has 1 aromatic carbocycles. The highest BCUT2D eigenvalue weighted by molar-refractivity contribution is 5.87. The fraction of sp³-hybridized carbons (Fsp3) is 0.692. The van der Waals surface area contributed by atoms with Gasteiger partial charge in [-0.2, -0.15) is 0 Å². The van der Waals surface area contributed by atoms with Crippen LogP contribution in [0.25, 0.3) is 6.08 Å². The fourth-order valence-electron chi connectivity index (χ4n) is 11.7. The SMILES string of the molecule is CC1(C)C[C@H]2C3=CC[C@@H]4[C@@]5(C)CC[C@@H](O)C(C)(C)[C@@H]5CC[C@@]4(C)[C@]3(C)CC[C@]2(C(=O)O)C[C@@H]1OC(=O)C=Cc1ccccc1. The molecule has 6 rings (SSSR count). The van der Waals surface area contributed by atoms with Crippen molar-refractivity contribution in [1.82, 2.24) is 0 Å². The van der Waals surface area contributed by atoms with Gasteiger partial charge >= 0.3 is 11.9 Å². The van der Waals surface area contributed by atoms with Crippen molar-refractivity contribution < 1.29 is 24.5 Å². The van der Waals surface area contributed by atoms with Gasteiger partial charge in [0.1, 0.15) is 6.10 Å². The Labute approximate surface area is 264 Å². The molecule has 0 amide bonds. The number of carboxylic acids is 1. The van der Waals surface area contributed by atoms with Gasteiger partial charge in [-0.25, -0.2) is 4.79 Å². The van der Waals surface area contributed by atoms with Crippen molar-refractivity contribution in [2.75, 3.05) is 0 Å². The van der Waals surface area contributed by atoms with Crippen LogP contribution in [-0.4, -0.2) is 34.4 Å². The van der Waals surface area contributed by atoms with Crippen LogP contribution in [0, 0.1) is 50.2 Å². The summed E-state index contributed by atoms with van der Waals surface area (Å²) in [6.07, 6.45) is 12.6. The molecule has 2 N–H and O–H groups in total. The van der Waals surface area contributed by atoms with Crippen LogP contribution < -0.4 is 0 Å². The maximum atomic E-state index is 13.3. The summed E-state index contributed by atoms with van der Waals surface area (Å²) < 4.78 is 6.09. The monoisotopic (exact) mass is 602 g/mol. The average Bonchev–Trinajstić information content (AvgIpc) is 2.95. The zero-order chi connectivity index (χ0) is 31.9. The Balaban J connectivity index is 1.31. The van der Waals surface area contributed by atoms with E-state index in [0.717, 1.165) is 44.1 Å². The number of carboxylic acid groups (broad SMARTS) is 1. The van der Waals surface area contributed by atoms with Gasteiger partial charge in [-0.05, 0) is 102 Å². The highest BCUT2D eigenvalue weighted by atomic mass is 16.5. The molecule has 4 saturated carbocycles. The van der Waals surface area contributed by atoms with Crippen LogP contribution in [0.5, 0.6) is 0 Å². The van der Waals surface area contributed by atoms with E-state index in [1.165, 1.54) is 11.6 Å². The number of aliphatic hydroxyl groups is 1. The van der Waals surface area contributed by atoms with Crippen LogP contribution in [0.2, 0.25) is 0 Å². The Kier molecular flexibility index (Phi) is 7.40. The zero-order valence-corrected chi connectivity index (χ0v) is 28.0. The Morgan fingerprint density at radius 1 is 0.886 bits per heavy atom. The number of hydrogen-bond acceptors (Lipinski definition) is 4. The standard InChI is InChI=1S/C39H54O5/c1-34(2)23-27-26-14-15-29-36(5)19-18-30(40)35(3,4)28(36)17-20-38(29,7)37(26,6)21-22-39(27,33(42)43)24-31(34)44-32(41)16-13-25-11-9-8-10-12-25/h8-14,16,27-31,40H,15,17-24H2,1-7H3,(H,42,43)/t27-,28-,29+,30+,31-,36-,37+,38+,39-/m0/s1. The van der Waals surface area contributed by atoms with Crippen LogP contribution >= 0.6 is 0 Å². The first-order valence-electron chi connectivity index (χ1n) is 17.1. The van der Waals surface area contributed by atoms with Crippen molar-refractivity contribution >= 4 is 18.0 Å². The van der Waals surface area contributed by atoms with Gasteiger partial charge in [0.25, 0.3) is 0 Å². The maximum Gasteiger partial charge on any atom is 0.331 e. The van der Waals surface area contributed by atoms with E-state index in [2.05, 4.69) is 54.5 Å². The smallest absolute Gasteiger partial charge is 0.331 e. The average molecular weight is 603 g/mol. The molecule has 5 nitrogen and oxygen atoms in total. The summed E-state index contributed by atoms with van der Waals surface area (Å²) in [6.45, 7) is 16.3. The van der Waals surface area contributed by atoms with Crippen LogP contribution in [0.15, 0.2) is 48.1 Å². The fourth-order valence-corrected chi connectivity index (χ4v) is 11.7. The molecule has 0 radical (unpaired) electrons. The number of aliphatic carboxylic acids is 1. The minimum Gasteiger partial charge on any atom is -0.481 e. The van der Waals surface area contributed by atoms with Crippen molar-refractivity contribution in [2.24, 2.45) is 50.2 Å². The Morgan fingerprint density at radius 3 is 2.27 bits per heavy atom. The van der Waals surface area contributed by atoms with E-state index < -0.39 is 23.5 Å². The minimum atomic E-state index is -0.934. The van der Waals surface area contributed by atoms with E-state index in [1.807, 2.05) is 30.3 Å². The normalized spacial score (nSPS) is 43.9. The third-order valence-electron chi connectivity index (χ3n) is 14.7. The van der Waals surface area contributed by atoms with Gasteiger partial charge in [-0.3, -0.25) is 4.79 Å². The molecule has 5 aliphatic rings. The molecule has 5 aliphatic carbocycles. The number of fused-ring (bicyclic) bond motifs is 7. The van der Waals surface area contributed by atoms with Crippen LogP contribution in [0.3, 0.4) is 0 Å². The molecule has 0 saturated heterocycles. The number of carbonyl (C=O) groups excluding carboxylic acids is 1. The van der Waals surface area contributed by atoms with Gasteiger partial charge in [0, 0.05) is 17.9 Å². The number of ether oxygens (including phenoxy) is 1. The molecule has 4 fully saturated rings. The molecular formula is C39H54O5. The van der Waals surface area contributed by atoms with Gasteiger partial charge in [-0.15, -0.1) is 0 Å². The lowest BCUT2D eigenvalue weighted by Gasteiger charge is -2.71. The molecule has 44 heavy (non-hydrogen) atoms. The third kappa shape index (κ3) is 4.42. The van der Waals surface area contributed by atoms with Crippen LogP contribution in [-0.2, 0) is 14.3 Å². The molecule has 240 valence electrons. The molecule has 0 bridgehead atoms. The first kappa shape index (κ1) is 31.6. The highest BCUT2D eigenvalue weighted by Gasteiger charge is 2.70. The van der Waals surface area contributed by atoms with Crippen molar-refractivity contribution in [2.45, 2.75) is 118 Å². The van der Waals surface area contributed by atoms with Gasteiger partial charge < -0.3 is 14.9 Å². The van der Waals surface area contributed by atoms with Crippen LogP contribution in [0.4, 0.5) is 0 Å². The van der Waals surface area contributed by atoms with E-state index in [-0.39, 0.29) is 39.1 Å². The lowest BCUT2D eigenvalue weighted by Crippen LogP contribution is -2.65. The predicted molar refractivity (Wildman–Crippen MR) is 173 cm³/mol. The first-order valence-corrected chi connectivity index (χ1v) is 17.1. The minimum absolute atomic E-state index is 0.0705. The van der Waals surface area contributed by atoms with Gasteiger partial charge in [0.15, 0.2) is 0 Å². The quantitative estimate of drug-likeness (QED) is 0.205. The van der Waals surface area contributed by atoms with E-state index in [9.17, 15) is 19.8 Å². The molecule has 0 aromatic heterocycles. The summed E-state index contributed by atoms with van der Waals surface area (Å²) >= 11 is 0. The third-order valence-corrected chi connectivity index (χ3v) is 14.7. The van der Waals surface area contributed by atoms with E-state index >= 15 is 0 Å². The molecule has 0 unspecified atom stereocenters. The number of benzene rings is 1. The number of esters is 1. The molecule has 0 aliphatic heterocycles. The van der Waals surface area contributed by atoms with E-state index in [0.29, 0.717) is 31.1 Å². The molecular weight excluding hydrogens is 548 g/mol. The van der Waals surface area contributed by atoms with Gasteiger partial charge in [-0.1, -0.05) is 90.4 Å². The van der Waals surface area contributed by atoms with Gasteiger partial charge in [0.05, 0.1) is 11.5 Å². The largest absolute Gasteiger partial charge is 0.481 e. The molecule has 9 atom stereocenters. The maximum absolute atomic E-state index is 13.3. The van der Waals surface area contributed by atoms with Gasteiger partial charge in [0.2, 0.25) is 0 Å². The summed E-state index contributed by atoms with van der Waals surface area (Å²) in [5.41, 5.74) is 1.05. The lowest BCUT2D eigenvalue weighted by molar-refractivity contribution is -0.210. The number of aliphatic hydroxyl groups excluding tert-OH is 1. The summed E-state index contributed by atoms with van der Waals surface area (Å²) in [6, 6.07) is 9.67. The summed E-state index contributed by atoms with van der Waals surface area (Å²) in [4.78, 5) is 26.4. The predicted octanol–water partition coefficient (Wildman–Crippen LogP) is 8.47. The Bertz CT molecular complexity index is 1370. The highest BCUT2D eigenvalue weighted by Crippen LogP contribution is 2.75. The van der Waals surface area contributed by atoms with E-state index in [1.54, 1.807) is 6.08 Å². The Hall–Kier alpha value is -2.40. The lowest BCUT2D eigenvalue weighted by atomic mass is 9.33. The number of rotatable bonds is 4. The number of hydrogen-bond donors (Lipinski definition) is 2. The molecule has 0 spiro atoms. The zero-order valence-electron chi connectivity index (χ0n) is 28.0. The van der Waals surface area contributed by atoms with Crippen molar-refractivity contribution in [1.29, 1.82) is 0 Å². The first-order chi connectivity index (χ1) is 20.5. The Morgan fingerprint density at radius 2 is 1.59 bits per heavy atom. The van der Waals surface area contributed by atoms with Crippen molar-refractivity contribution in [3.63, 3.8) is 0 Å². The second-order valence-electron chi connectivity index (χ2n) is 17.3. The van der Waals surface area contributed by atoms with Crippen molar-refractivity contribution in [3.05, 3.63) is 53.6 Å². The second-order valence-corrected chi connectivity index (χ2v) is 17.3. The summed E-state index contributed by atoms with van der Waals surface area (Å²) in [5.74, 6) is -0.237. The molecule has 5 heteroatoms. The number of carbonyl (C=O) groups is 2. The summed E-state index contributed by atoms with van der Waals surface area (Å²) in [7, 11) is 0. The second kappa shape index (κ2) is 10.3. The topological polar surface area (TPSA) is 83.8 Å². The summed E-state index contributed by atoms with van der Waals surface area (Å²) in [5, 5.41) is 21.9. The molecule has 0 heterocycles. The number of allylic oxidation sites excluding steroid dienone is 2. The van der Waals surface area contributed by atoms with Crippen LogP contribution in [0.1, 0.15) is 112 Å². The van der Waals surface area contributed by atoms with E-state index in [4.69, 9.17) is 4.74 Å². The molecule has 1 aromatic rings. The van der Waals surface area contributed by atoms with Crippen molar-refractivity contribution in [3.8, 4) is 0 Å².